The predicted molar refractivity (Wildman–Crippen MR) is 75.8 cm³/mol. The molecular formula is C14H20N4O3. The number of aromatic nitrogens is 2. The van der Waals surface area contributed by atoms with Crippen LogP contribution in [0.2, 0.25) is 0 Å². The van der Waals surface area contributed by atoms with E-state index in [0.717, 1.165) is 13.1 Å². The maximum Gasteiger partial charge on any atom is 0.273 e. The first-order chi connectivity index (χ1) is 10.0. The van der Waals surface area contributed by atoms with Gasteiger partial charge in [-0.25, -0.2) is 4.98 Å². The summed E-state index contributed by atoms with van der Waals surface area (Å²) in [7, 11) is 3.36. The number of amides is 1. The van der Waals surface area contributed by atoms with Gasteiger partial charge in [0.1, 0.15) is 11.5 Å². The van der Waals surface area contributed by atoms with Crippen molar-refractivity contribution in [3.8, 4) is 0 Å². The van der Waals surface area contributed by atoms with E-state index in [1.165, 1.54) is 11.1 Å². The van der Waals surface area contributed by atoms with E-state index >= 15 is 0 Å². The van der Waals surface area contributed by atoms with Crippen molar-refractivity contribution in [3.05, 3.63) is 18.1 Å². The highest BCUT2D eigenvalue weighted by molar-refractivity contribution is 5.91. The minimum absolute atomic E-state index is 0.0253. The van der Waals surface area contributed by atoms with E-state index in [1.54, 1.807) is 20.3 Å². The number of piperidine rings is 1. The molecular weight excluding hydrogens is 272 g/mol. The number of aliphatic hydroxyl groups excluding tert-OH is 2. The zero-order valence-corrected chi connectivity index (χ0v) is 12.2. The summed E-state index contributed by atoms with van der Waals surface area (Å²) < 4.78 is 0. The molecule has 1 aromatic rings. The summed E-state index contributed by atoms with van der Waals surface area (Å²) in [5.41, 5.74) is 0.00900. The molecule has 3 rings (SSSR count). The summed E-state index contributed by atoms with van der Waals surface area (Å²) in [4.78, 5) is 23.9. The summed E-state index contributed by atoms with van der Waals surface area (Å²) in [6.07, 6.45) is 3.12. The van der Waals surface area contributed by atoms with E-state index in [-0.39, 0.29) is 24.5 Å². The lowest BCUT2D eigenvalue weighted by molar-refractivity contribution is 0.0821. The van der Waals surface area contributed by atoms with Gasteiger partial charge >= 0.3 is 0 Å². The van der Waals surface area contributed by atoms with Crippen LogP contribution in [-0.2, 0) is 0 Å². The maximum atomic E-state index is 11.9. The van der Waals surface area contributed by atoms with E-state index in [1.807, 2.05) is 0 Å². The van der Waals surface area contributed by atoms with Crippen LogP contribution in [0.3, 0.4) is 0 Å². The smallest absolute Gasteiger partial charge is 0.273 e. The van der Waals surface area contributed by atoms with Crippen molar-refractivity contribution in [2.75, 3.05) is 45.3 Å². The minimum atomic E-state index is -0.318. The van der Waals surface area contributed by atoms with Crippen LogP contribution >= 0.6 is 0 Å². The molecule has 2 aliphatic rings. The SMILES string of the molecule is CN(C)C(=O)c1cncc(N2CC3C(C2)C3(CO)CO)n1. The second-order valence-electron chi connectivity index (χ2n) is 6.13. The molecule has 2 atom stereocenters. The third kappa shape index (κ3) is 2.08. The van der Waals surface area contributed by atoms with Crippen LogP contribution in [0.5, 0.6) is 0 Å². The second-order valence-corrected chi connectivity index (χ2v) is 6.13. The number of aliphatic hydroxyl groups is 2. The Balaban J connectivity index is 1.74. The molecule has 0 aromatic carbocycles. The molecule has 1 aromatic heterocycles. The molecule has 2 unspecified atom stereocenters. The van der Waals surface area contributed by atoms with Gasteiger partial charge in [-0.1, -0.05) is 0 Å². The number of fused-ring (bicyclic) bond motifs is 1. The van der Waals surface area contributed by atoms with Crippen molar-refractivity contribution in [1.82, 2.24) is 14.9 Å². The van der Waals surface area contributed by atoms with E-state index in [2.05, 4.69) is 14.9 Å². The quantitative estimate of drug-likeness (QED) is 0.756. The van der Waals surface area contributed by atoms with E-state index in [0.29, 0.717) is 23.3 Å². The molecule has 7 heteroatoms. The zero-order chi connectivity index (χ0) is 15.2. The zero-order valence-electron chi connectivity index (χ0n) is 12.2. The molecule has 2 heterocycles. The molecule has 0 spiro atoms. The number of nitrogens with zero attached hydrogens (tertiary/aromatic N) is 4. The van der Waals surface area contributed by atoms with Crippen LogP contribution in [0, 0.1) is 17.3 Å². The Morgan fingerprint density at radius 3 is 2.48 bits per heavy atom. The van der Waals surface area contributed by atoms with Crippen molar-refractivity contribution in [1.29, 1.82) is 0 Å². The first-order valence-corrected chi connectivity index (χ1v) is 7.04. The van der Waals surface area contributed by atoms with Crippen molar-refractivity contribution in [3.63, 3.8) is 0 Å². The summed E-state index contributed by atoms with van der Waals surface area (Å²) >= 11 is 0. The lowest BCUT2D eigenvalue weighted by atomic mass is 10.0. The number of hydrogen-bond acceptors (Lipinski definition) is 6. The van der Waals surface area contributed by atoms with Gasteiger partial charge in [-0.3, -0.25) is 9.78 Å². The van der Waals surface area contributed by atoms with Gasteiger partial charge in [0.2, 0.25) is 0 Å². The predicted octanol–water partition coefficient (Wildman–Crippen LogP) is -0.785. The molecule has 1 aliphatic heterocycles. The van der Waals surface area contributed by atoms with Gasteiger partial charge < -0.3 is 20.0 Å². The third-order valence-electron chi connectivity index (χ3n) is 4.85. The van der Waals surface area contributed by atoms with Crippen LogP contribution in [0.1, 0.15) is 10.5 Å². The Morgan fingerprint density at radius 2 is 1.95 bits per heavy atom. The van der Waals surface area contributed by atoms with E-state index in [4.69, 9.17) is 0 Å². The van der Waals surface area contributed by atoms with Gasteiger partial charge in [0, 0.05) is 32.6 Å². The van der Waals surface area contributed by atoms with E-state index in [9.17, 15) is 15.0 Å². The molecule has 1 saturated carbocycles. The topological polar surface area (TPSA) is 89.8 Å². The van der Waals surface area contributed by atoms with Gasteiger partial charge in [0.05, 0.1) is 25.6 Å². The van der Waals surface area contributed by atoms with Crippen molar-refractivity contribution in [2.24, 2.45) is 17.3 Å². The average Bonchev–Trinajstić information content (AvgIpc) is 2.87. The molecule has 0 bridgehead atoms. The highest BCUT2D eigenvalue weighted by Crippen LogP contribution is 2.62. The first kappa shape index (κ1) is 14.2. The molecule has 0 radical (unpaired) electrons. The number of rotatable bonds is 4. The highest BCUT2D eigenvalue weighted by atomic mass is 16.3. The average molecular weight is 292 g/mol. The molecule has 1 amide bonds. The fourth-order valence-electron chi connectivity index (χ4n) is 3.38. The van der Waals surface area contributed by atoms with Gasteiger partial charge in [0.25, 0.3) is 5.91 Å². The fraction of sp³-hybridized carbons (Fsp3) is 0.643. The molecule has 2 fully saturated rings. The first-order valence-electron chi connectivity index (χ1n) is 7.04. The van der Waals surface area contributed by atoms with Gasteiger partial charge in [-0.05, 0) is 11.8 Å². The molecule has 2 N–H and O–H groups in total. The number of hydrogen-bond donors (Lipinski definition) is 2. The van der Waals surface area contributed by atoms with Crippen LogP contribution in [0.25, 0.3) is 0 Å². The Bertz CT molecular complexity index is 545. The van der Waals surface area contributed by atoms with Crippen LogP contribution in [0.15, 0.2) is 12.4 Å². The Hall–Kier alpha value is -1.73. The Kier molecular flexibility index (Phi) is 3.33. The lowest BCUT2D eigenvalue weighted by Gasteiger charge is -2.25. The summed E-state index contributed by atoms with van der Waals surface area (Å²) in [6.45, 7) is 1.52. The van der Waals surface area contributed by atoms with Crippen LogP contribution < -0.4 is 4.90 Å². The number of anilines is 1. The molecule has 21 heavy (non-hydrogen) atoms. The summed E-state index contributed by atoms with van der Waals surface area (Å²) in [6, 6.07) is 0. The van der Waals surface area contributed by atoms with Crippen LogP contribution in [0.4, 0.5) is 5.82 Å². The highest BCUT2D eigenvalue weighted by Gasteiger charge is 2.67. The van der Waals surface area contributed by atoms with Crippen molar-refractivity contribution >= 4 is 11.7 Å². The largest absolute Gasteiger partial charge is 0.396 e. The molecule has 1 aliphatic carbocycles. The number of carbonyl (C=O) groups is 1. The van der Waals surface area contributed by atoms with Crippen molar-refractivity contribution < 1.29 is 15.0 Å². The summed E-state index contributed by atoms with van der Waals surface area (Å²) in [5.74, 6) is 1.10. The van der Waals surface area contributed by atoms with E-state index < -0.39 is 0 Å². The fourth-order valence-corrected chi connectivity index (χ4v) is 3.38. The normalized spacial score (nSPS) is 25.6. The van der Waals surface area contributed by atoms with Gasteiger partial charge in [-0.2, -0.15) is 0 Å². The monoisotopic (exact) mass is 292 g/mol. The third-order valence-corrected chi connectivity index (χ3v) is 4.85. The maximum absolute atomic E-state index is 11.9. The van der Waals surface area contributed by atoms with Crippen LogP contribution in [-0.4, -0.2) is 71.4 Å². The lowest BCUT2D eigenvalue weighted by Crippen LogP contribution is -2.33. The van der Waals surface area contributed by atoms with Gasteiger partial charge in [0.15, 0.2) is 0 Å². The Morgan fingerprint density at radius 1 is 1.33 bits per heavy atom. The Labute approximate surface area is 123 Å². The molecule has 7 nitrogen and oxygen atoms in total. The standard InChI is InChI=1S/C14H20N4O3/c1-17(2)13(21)11-3-15-4-12(16-11)18-5-9-10(6-18)14(9,7-19)8-20/h3-4,9-10,19-20H,5-8H2,1-2H3. The van der Waals surface area contributed by atoms with Crippen molar-refractivity contribution in [2.45, 2.75) is 0 Å². The molecule has 1 saturated heterocycles. The van der Waals surface area contributed by atoms with Gasteiger partial charge in [-0.15, -0.1) is 0 Å². The minimum Gasteiger partial charge on any atom is -0.396 e. The summed E-state index contributed by atoms with van der Waals surface area (Å²) in [5, 5.41) is 18.9. The second kappa shape index (κ2) is 4.92. The number of carbonyl (C=O) groups excluding carboxylic acids is 1. The molecule has 114 valence electrons.